The summed E-state index contributed by atoms with van der Waals surface area (Å²) in [6.07, 6.45) is 0. The predicted molar refractivity (Wildman–Crippen MR) is 112 cm³/mol. The number of carbonyl (C=O) groups excluding carboxylic acids is 2. The monoisotopic (exact) mass is 368 g/mol. The van der Waals surface area contributed by atoms with Gasteiger partial charge in [-0.05, 0) is 43.2 Å². The van der Waals surface area contributed by atoms with Crippen LogP contribution >= 0.6 is 0 Å². The van der Waals surface area contributed by atoms with Crippen LogP contribution in [-0.4, -0.2) is 11.8 Å². The minimum atomic E-state index is -0.348. The lowest BCUT2D eigenvalue weighted by Crippen LogP contribution is -2.33. The van der Waals surface area contributed by atoms with E-state index in [1.807, 2.05) is 86.6 Å². The molecule has 4 nitrogen and oxygen atoms in total. The predicted octanol–water partition coefficient (Wildman–Crippen LogP) is 4.70. The van der Waals surface area contributed by atoms with Crippen molar-refractivity contribution in [1.82, 2.24) is 0 Å². The molecule has 4 rings (SSSR count). The maximum atomic E-state index is 13.3. The van der Waals surface area contributed by atoms with Gasteiger partial charge in [0.05, 0.1) is 11.3 Å². The van der Waals surface area contributed by atoms with Crippen molar-refractivity contribution in [2.45, 2.75) is 13.8 Å². The topological polar surface area (TPSA) is 49.4 Å². The number of carbonyl (C=O) groups is 2. The Labute approximate surface area is 164 Å². The number of nitrogens with zero attached hydrogens (tertiary/aromatic N) is 1. The minimum Gasteiger partial charge on any atom is -0.350 e. The van der Waals surface area contributed by atoms with E-state index in [4.69, 9.17) is 0 Å². The fourth-order valence-corrected chi connectivity index (χ4v) is 3.33. The molecule has 4 heteroatoms. The molecule has 1 N–H and O–H groups in total. The van der Waals surface area contributed by atoms with Crippen LogP contribution in [0.5, 0.6) is 0 Å². The Balaban J connectivity index is 1.83. The average Bonchev–Trinajstić information content (AvgIpc) is 2.95. The Morgan fingerprint density at radius 1 is 0.714 bits per heavy atom. The third-order valence-corrected chi connectivity index (χ3v) is 4.82. The van der Waals surface area contributed by atoms with Gasteiger partial charge < -0.3 is 5.32 Å². The van der Waals surface area contributed by atoms with E-state index in [1.54, 1.807) is 6.07 Å². The van der Waals surface area contributed by atoms with Gasteiger partial charge >= 0.3 is 0 Å². The molecule has 1 aliphatic rings. The van der Waals surface area contributed by atoms with E-state index in [0.29, 0.717) is 22.5 Å². The zero-order valence-electron chi connectivity index (χ0n) is 15.8. The number of rotatable bonds is 4. The van der Waals surface area contributed by atoms with Crippen molar-refractivity contribution in [2.24, 2.45) is 0 Å². The number of hydrogen-bond acceptors (Lipinski definition) is 3. The molecule has 138 valence electrons. The maximum absolute atomic E-state index is 13.3. The van der Waals surface area contributed by atoms with Crippen molar-refractivity contribution in [2.75, 3.05) is 10.2 Å². The molecule has 0 bridgehead atoms. The zero-order valence-corrected chi connectivity index (χ0v) is 15.8. The van der Waals surface area contributed by atoms with Gasteiger partial charge in [-0.2, -0.15) is 0 Å². The van der Waals surface area contributed by atoms with Crippen molar-refractivity contribution >= 4 is 28.8 Å². The van der Waals surface area contributed by atoms with Crippen LogP contribution in [0.2, 0.25) is 0 Å². The van der Waals surface area contributed by atoms with Crippen LogP contribution in [0.1, 0.15) is 16.7 Å². The summed E-state index contributed by atoms with van der Waals surface area (Å²) >= 11 is 0. The van der Waals surface area contributed by atoms with Gasteiger partial charge in [0.25, 0.3) is 11.8 Å². The van der Waals surface area contributed by atoms with E-state index < -0.39 is 0 Å². The van der Waals surface area contributed by atoms with Crippen LogP contribution in [0.3, 0.4) is 0 Å². The fourth-order valence-electron chi connectivity index (χ4n) is 3.33. The van der Waals surface area contributed by atoms with Crippen LogP contribution in [0.4, 0.5) is 11.4 Å². The summed E-state index contributed by atoms with van der Waals surface area (Å²) in [5.74, 6) is -0.668. The quantitative estimate of drug-likeness (QED) is 0.679. The Hall–Kier alpha value is -3.66. The Morgan fingerprint density at radius 2 is 1.36 bits per heavy atom. The molecular formula is C24H20N2O2. The molecular weight excluding hydrogens is 348 g/mol. The molecule has 0 aromatic heterocycles. The van der Waals surface area contributed by atoms with Gasteiger partial charge in [-0.15, -0.1) is 0 Å². The number of hydrogen-bond donors (Lipinski definition) is 1. The molecule has 1 aliphatic heterocycles. The number of benzene rings is 3. The summed E-state index contributed by atoms with van der Waals surface area (Å²) in [7, 11) is 0. The van der Waals surface area contributed by atoms with Gasteiger partial charge in [0.2, 0.25) is 0 Å². The molecule has 0 radical (unpaired) electrons. The van der Waals surface area contributed by atoms with Gasteiger partial charge in [-0.3, -0.25) is 9.59 Å². The highest BCUT2D eigenvalue weighted by atomic mass is 16.2. The highest BCUT2D eigenvalue weighted by Gasteiger charge is 2.40. The molecule has 2 amide bonds. The zero-order chi connectivity index (χ0) is 19.7. The maximum Gasteiger partial charge on any atom is 0.282 e. The molecule has 3 aromatic rings. The summed E-state index contributed by atoms with van der Waals surface area (Å²) in [6, 6.07) is 24.4. The molecule has 3 aromatic carbocycles. The number of anilines is 2. The van der Waals surface area contributed by atoms with Crippen molar-refractivity contribution in [1.29, 1.82) is 0 Å². The van der Waals surface area contributed by atoms with Gasteiger partial charge in [0.1, 0.15) is 5.70 Å². The van der Waals surface area contributed by atoms with Gasteiger partial charge in [-0.1, -0.05) is 66.2 Å². The highest BCUT2D eigenvalue weighted by Crippen LogP contribution is 2.34. The molecule has 0 unspecified atom stereocenters. The number of imide groups is 1. The first-order valence-electron chi connectivity index (χ1n) is 9.14. The summed E-state index contributed by atoms with van der Waals surface area (Å²) in [4.78, 5) is 27.9. The van der Waals surface area contributed by atoms with E-state index in [-0.39, 0.29) is 11.8 Å². The van der Waals surface area contributed by atoms with Gasteiger partial charge in [-0.25, -0.2) is 4.90 Å². The summed E-state index contributed by atoms with van der Waals surface area (Å²) < 4.78 is 0. The lowest BCUT2D eigenvalue weighted by molar-refractivity contribution is -0.120. The Bertz CT molecular complexity index is 1080. The lowest BCUT2D eigenvalue weighted by atomic mass is 10.0. The standard InChI is InChI=1S/C24H20N2O2/c1-16-12-14-19(15-13-16)25-22-21(18-9-4-3-5-10-18)23(27)26(24(22)28)20-11-7-6-8-17(20)2/h3-15,25H,1-2H3. The summed E-state index contributed by atoms with van der Waals surface area (Å²) in [5, 5.41) is 3.18. The summed E-state index contributed by atoms with van der Waals surface area (Å²) in [6.45, 7) is 3.89. The first kappa shape index (κ1) is 17.7. The largest absolute Gasteiger partial charge is 0.350 e. The molecule has 28 heavy (non-hydrogen) atoms. The van der Waals surface area contributed by atoms with Crippen molar-refractivity contribution in [3.63, 3.8) is 0 Å². The van der Waals surface area contributed by atoms with Crippen LogP contribution in [-0.2, 0) is 9.59 Å². The van der Waals surface area contributed by atoms with Crippen molar-refractivity contribution in [3.8, 4) is 0 Å². The Kier molecular flexibility index (Phi) is 4.53. The number of amides is 2. The van der Waals surface area contributed by atoms with Gasteiger partial charge in [0, 0.05) is 5.69 Å². The molecule has 0 spiro atoms. The van der Waals surface area contributed by atoms with Crippen LogP contribution in [0.25, 0.3) is 5.57 Å². The normalized spacial score (nSPS) is 14.0. The third-order valence-electron chi connectivity index (χ3n) is 4.82. The van der Waals surface area contributed by atoms with E-state index >= 15 is 0 Å². The van der Waals surface area contributed by atoms with E-state index in [1.165, 1.54) is 4.90 Å². The Morgan fingerprint density at radius 3 is 2.04 bits per heavy atom. The van der Waals surface area contributed by atoms with Crippen molar-refractivity contribution < 1.29 is 9.59 Å². The van der Waals surface area contributed by atoms with E-state index in [9.17, 15) is 9.59 Å². The second kappa shape index (κ2) is 7.16. The smallest absolute Gasteiger partial charge is 0.282 e. The molecule has 1 heterocycles. The lowest BCUT2D eigenvalue weighted by Gasteiger charge is -2.17. The minimum absolute atomic E-state index is 0.295. The number of aryl methyl sites for hydroxylation is 2. The molecule has 0 saturated carbocycles. The molecule has 0 fully saturated rings. The average molecular weight is 368 g/mol. The molecule has 0 atom stereocenters. The van der Waals surface area contributed by atoms with Crippen LogP contribution in [0.15, 0.2) is 84.6 Å². The van der Waals surface area contributed by atoms with E-state index in [0.717, 1.165) is 16.8 Å². The van der Waals surface area contributed by atoms with Crippen molar-refractivity contribution in [3.05, 3.63) is 101 Å². The van der Waals surface area contributed by atoms with E-state index in [2.05, 4.69) is 5.32 Å². The van der Waals surface area contributed by atoms with Gasteiger partial charge in [0.15, 0.2) is 0 Å². The number of para-hydroxylation sites is 1. The molecule has 0 saturated heterocycles. The second-order valence-corrected chi connectivity index (χ2v) is 6.84. The SMILES string of the molecule is Cc1ccc(NC2=C(c3ccccc3)C(=O)N(c3ccccc3C)C2=O)cc1. The fraction of sp³-hybridized carbons (Fsp3) is 0.0833. The first-order valence-corrected chi connectivity index (χ1v) is 9.14. The summed E-state index contributed by atoms with van der Waals surface area (Å²) in [5.41, 5.74) is 4.75. The molecule has 0 aliphatic carbocycles. The van der Waals surface area contributed by atoms with Crippen LogP contribution in [0, 0.1) is 13.8 Å². The van der Waals surface area contributed by atoms with Crippen LogP contribution < -0.4 is 10.2 Å². The third kappa shape index (κ3) is 3.09. The highest BCUT2D eigenvalue weighted by molar-refractivity contribution is 6.46. The first-order chi connectivity index (χ1) is 13.6. The number of nitrogens with one attached hydrogen (secondary N) is 1. The second-order valence-electron chi connectivity index (χ2n) is 6.84.